The summed E-state index contributed by atoms with van der Waals surface area (Å²) in [4.78, 5) is 100. The Bertz CT molecular complexity index is 2780. The standard InChI is InChI=1S/C54H56N2O15/c1-30-37(68-50(64)43(69-49(63)36-24-17-25-56(7)28-36)41(33-18-11-8-12-19-33)55-47(61)34-20-13-9-14-21-34)27-54(65)46(70-48(62)35-22-15-10-16-23-35)44-52(6,38(59)26-39-53(44,29-66-39)71-32(3)58)45(60)42(67-31(2)57)40(30)51(54,4)5/h8-25,28,37-39,41-44,46,59,65H,26-27,29H2,1-7H3/p+1/t37-,38-,39+,41-,42+,43+,44?,46-,52+,53-,54+/m0/s1. The van der Waals surface area contributed by atoms with E-state index >= 15 is 9.59 Å². The molecule has 372 valence electrons. The lowest BCUT2D eigenvalue weighted by atomic mass is 9.44. The summed E-state index contributed by atoms with van der Waals surface area (Å²) in [6.07, 6.45) is -7.59. The van der Waals surface area contributed by atoms with Gasteiger partial charge in [-0.15, -0.1) is 0 Å². The Morgan fingerprint density at radius 2 is 1.39 bits per heavy atom. The minimum atomic E-state index is -2.46. The van der Waals surface area contributed by atoms with Crippen molar-refractivity contribution in [3.63, 3.8) is 0 Å². The number of aliphatic hydroxyl groups is 2. The molecule has 4 aromatic rings. The summed E-state index contributed by atoms with van der Waals surface area (Å²) < 4.78 is 38.6. The summed E-state index contributed by atoms with van der Waals surface area (Å²) in [5.41, 5.74) is -7.33. The second-order valence-corrected chi connectivity index (χ2v) is 19.5. The van der Waals surface area contributed by atoms with Crippen LogP contribution in [0.15, 0.2) is 127 Å². The van der Waals surface area contributed by atoms with Crippen LogP contribution < -0.4 is 9.88 Å². The summed E-state index contributed by atoms with van der Waals surface area (Å²) in [6.45, 7) is 7.92. The molecule has 1 amide bonds. The Hall–Kier alpha value is -7.08. The number of fused-ring (bicyclic) bond motifs is 5. The van der Waals surface area contributed by atoms with Gasteiger partial charge in [0.1, 0.15) is 42.6 Å². The van der Waals surface area contributed by atoms with E-state index in [1.807, 2.05) is 0 Å². The molecule has 11 atom stereocenters. The van der Waals surface area contributed by atoms with Crippen molar-refractivity contribution in [1.29, 1.82) is 0 Å². The van der Waals surface area contributed by atoms with Gasteiger partial charge in [0.05, 0.1) is 29.6 Å². The number of carbonyl (C=O) groups is 7. The SMILES string of the molecule is CC(=O)O[C@H]1C(=O)[C@@]2(C)C([C@H](OC(=O)c3ccccc3)[C@]3(O)C[C@H](OC(=O)[C@H](OC(=O)c4ccc[n+](C)c4)[C@@H](NC(=O)c4ccccc4)c4ccccc4)C(C)=C1C3(C)C)[C@]1(OC(C)=O)CO[C@@H]1C[C@@H]2O. The van der Waals surface area contributed by atoms with Gasteiger partial charge in [-0.25, -0.2) is 19.0 Å². The highest BCUT2D eigenvalue weighted by Gasteiger charge is 2.78. The van der Waals surface area contributed by atoms with Crippen molar-refractivity contribution in [3.8, 4) is 0 Å². The van der Waals surface area contributed by atoms with E-state index in [0.29, 0.717) is 5.56 Å². The van der Waals surface area contributed by atoms with E-state index in [9.17, 15) is 34.2 Å². The first kappa shape index (κ1) is 50.3. The lowest BCUT2D eigenvalue weighted by Gasteiger charge is -2.67. The first-order valence-corrected chi connectivity index (χ1v) is 23.3. The van der Waals surface area contributed by atoms with Crippen LogP contribution in [0, 0.1) is 16.7 Å². The van der Waals surface area contributed by atoms with E-state index < -0.39 is 119 Å². The number of aryl methyl sites for hydroxylation is 1. The number of esters is 5. The maximum absolute atomic E-state index is 15.7. The Labute approximate surface area is 410 Å². The van der Waals surface area contributed by atoms with Gasteiger partial charge in [-0.2, -0.15) is 0 Å². The molecule has 0 radical (unpaired) electrons. The van der Waals surface area contributed by atoms with Crippen molar-refractivity contribution in [3.05, 3.63) is 149 Å². The molecule has 2 saturated carbocycles. The molecule has 17 heteroatoms. The molecule has 0 spiro atoms. The number of hydrogen-bond acceptors (Lipinski definition) is 15. The number of carbonyl (C=O) groups excluding carboxylic acids is 7. The third-order valence-corrected chi connectivity index (χ3v) is 14.9. The Morgan fingerprint density at radius 1 is 0.789 bits per heavy atom. The van der Waals surface area contributed by atoms with Crippen LogP contribution in [0.4, 0.5) is 0 Å². The molecule has 3 fully saturated rings. The molecule has 3 N–H and O–H groups in total. The maximum atomic E-state index is 15.7. The van der Waals surface area contributed by atoms with Crippen LogP contribution in [0.5, 0.6) is 0 Å². The van der Waals surface area contributed by atoms with Crippen molar-refractivity contribution >= 4 is 41.5 Å². The average molecular weight is 974 g/mol. The number of nitrogens with one attached hydrogen (secondary N) is 1. The van der Waals surface area contributed by atoms with Gasteiger partial charge >= 0.3 is 29.8 Å². The van der Waals surface area contributed by atoms with Gasteiger partial charge in [0.2, 0.25) is 6.10 Å². The van der Waals surface area contributed by atoms with Crippen LogP contribution in [0.25, 0.3) is 0 Å². The number of ketones is 1. The molecule has 3 aromatic carbocycles. The normalized spacial score (nSPS) is 29.2. The van der Waals surface area contributed by atoms with Gasteiger partial charge in [-0.05, 0) is 60.9 Å². The van der Waals surface area contributed by atoms with Crippen LogP contribution in [0.3, 0.4) is 0 Å². The fourth-order valence-electron chi connectivity index (χ4n) is 11.2. The van der Waals surface area contributed by atoms with Crippen LogP contribution in [0.2, 0.25) is 0 Å². The van der Waals surface area contributed by atoms with E-state index in [4.69, 9.17) is 28.4 Å². The number of amides is 1. The molecule has 4 aliphatic rings. The molecule has 8 rings (SSSR count). The van der Waals surface area contributed by atoms with Gasteiger partial charge in [-0.1, -0.05) is 80.6 Å². The topological polar surface area (TPSA) is 231 Å². The van der Waals surface area contributed by atoms with E-state index in [0.717, 1.165) is 13.8 Å². The van der Waals surface area contributed by atoms with Crippen LogP contribution in [-0.4, -0.2) is 106 Å². The van der Waals surface area contributed by atoms with E-state index in [2.05, 4.69) is 5.32 Å². The first-order valence-electron chi connectivity index (χ1n) is 23.3. The van der Waals surface area contributed by atoms with Crippen molar-refractivity contribution in [2.45, 2.75) is 108 Å². The molecule has 3 aliphatic carbocycles. The summed E-state index contributed by atoms with van der Waals surface area (Å²) in [6, 6.07) is 25.9. The zero-order valence-electron chi connectivity index (χ0n) is 40.4. The molecule has 2 heterocycles. The minimum Gasteiger partial charge on any atom is -0.455 e. The summed E-state index contributed by atoms with van der Waals surface area (Å²) in [7, 11) is 1.68. The summed E-state index contributed by atoms with van der Waals surface area (Å²) >= 11 is 0. The summed E-state index contributed by atoms with van der Waals surface area (Å²) in [5, 5.41) is 29.0. The number of pyridine rings is 1. The number of nitrogens with zero attached hydrogens (tertiary/aromatic N) is 1. The van der Waals surface area contributed by atoms with E-state index in [1.54, 1.807) is 117 Å². The van der Waals surface area contributed by atoms with Gasteiger partial charge < -0.3 is 44.0 Å². The lowest BCUT2D eigenvalue weighted by molar-refractivity contribution is -0.671. The molecule has 1 aliphatic heterocycles. The van der Waals surface area contributed by atoms with Crippen molar-refractivity contribution in [1.82, 2.24) is 5.32 Å². The second-order valence-electron chi connectivity index (χ2n) is 19.5. The van der Waals surface area contributed by atoms with E-state index in [1.165, 1.54) is 38.2 Å². The van der Waals surface area contributed by atoms with Crippen molar-refractivity contribution < 1.29 is 76.8 Å². The number of aromatic nitrogens is 1. The Balaban J connectivity index is 1.31. The second kappa shape index (κ2) is 19.3. The number of benzene rings is 3. The highest BCUT2D eigenvalue weighted by atomic mass is 16.6. The van der Waals surface area contributed by atoms with Gasteiger partial charge in [0.25, 0.3) is 5.91 Å². The highest BCUT2D eigenvalue weighted by Crippen LogP contribution is 2.64. The predicted molar refractivity (Wildman–Crippen MR) is 249 cm³/mol. The fourth-order valence-corrected chi connectivity index (χ4v) is 11.2. The van der Waals surface area contributed by atoms with Crippen LogP contribution in [0.1, 0.15) is 97.1 Å². The molecular formula is C54H57N2O15+. The lowest BCUT2D eigenvalue weighted by Crippen LogP contribution is -2.82. The molecule has 1 saturated heterocycles. The van der Waals surface area contributed by atoms with Crippen molar-refractivity contribution in [2.75, 3.05) is 6.61 Å². The Morgan fingerprint density at radius 3 is 1.97 bits per heavy atom. The largest absolute Gasteiger partial charge is 0.455 e. The number of ether oxygens (including phenoxy) is 6. The zero-order valence-corrected chi connectivity index (χ0v) is 40.4. The van der Waals surface area contributed by atoms with Gasteiger partial charge in [-0.3, -0.25) is 19.2 Å². The third kappa shape index (κ3) is 8.91. The first-order chi connectivity index (χ1) is 33.6. The quantitative estimate of drug-likeness (QED) is 0.0772. The van der Waals surface area contributed by atoms with Gasteiger partial charge in [0.15, 0.2) is 29.9 Å². The predicted octanol–water partition coefficient (Wildman–Crippen LogP) is 4.42. The van der Waals surface area contributed by atoms with Gasteiger partial charge in [0, 0.05) is 43.7 Å². The number of rotatable bonds is 12. The highest BCUT2D eigenvalue weighted by molar-refractivity contribution is 5.97. The van der Waals surface area contributed by atoms with Crippen molar-refractivity contribution in [2.24, 2.45) is 23.8 Å². The molecular weight excluding hydrogens is 917 g/mol. The molecule has 71 heavy (non-hydrogen) atoms. The number of Topliss-reactive ketones (excluding diaryl/α,β-unsaturated/α-hetero) is 1. The molecule has 2 bridgehead atoms. The fraction of sp³-hybridized carbons (Fsp3) is 0.407. The molecule has 1 aromatic heterocycles. The summed E-state index contributed by atoms with van der Waals surface area (Å²) in [5.74, 6) is -7.95. The van der Waals surface area contributed by atoms with Crippen LogP contribution in [-0.2, 0) is 54.6 Å². The third-order valence-electron chi connectivity index (χ3n) is 14.9. The molecule has 1 unspecified atom stereocenters. The van der Waals surface area contributed by atoms with Crippen LogP contribution >= 0.6 is 0 Å². The number of hydrogen-bond donors (Lipinski definition) is 3. The minimum absolute atomic E-state index is 0.0345. The monoisotopic (exact) mass is 973 g/mol. The smallest absolute Gasteiger partial charge is 0.350 e. The van der Waals surface area contributed by atoms with E-state index in [-0.39, 0.29) is 40.9 Å². The Kier molecular flexibility index (Phi) is 13.6. The number of aliphatic hydroxyl groups excluding tert-OH is 1. The maximum Gasteiger partial charge on any atom is 0.350 e. The molecule has 17 nitrogen and oxygen atoms in total. The average Bonchev–Trinajstić information content (AvgIpc) is 3.33. The zero-order chi connectivity index (χ0) is 51.2.